The van der Waals surface area contributed by atoms with E-state index in [4.69, 9.17) is 0 Å². The summed E-state index contributed by atoms with van der Waals surface area (Å²) < 4.78 is 0. The van der Waals surface area contributed by atoms with Gasteiger partial charge in [0.25, 0.3) is 5.56 Å². The number of aromatic amines is 1. The number of aromatic nitrogens is 2. The van der Waals surface area contributed by atoms with Crippen molar-refractivity contribution in [2.24, 2.45) is 5.92 Å². The summed E-state index contributed by atoms with van der Waals surface area (Å²) in [6, 6.07) is 14.9. The van der Waals surface area contributed by atoms with Gasteiger partial charge in [-0.3, -0.25) is 9.59 Å². The molecule has 0 aliphatic carbocycles. The van der Waals surface area contributed by atoms with E-state index < -0.39 is 0 Å². The molecule has 0 spiro atoms. The van der Waals surface area contributed by atoms with Crippen LogP contribution in [0.1, 0.15) is 33.1 Å². The molecule has 0 atom stereocenters. The first-order valence-corrected chi connectivity index (χ1v) is 10.1. The number of nitrogens with one attached hydrogen (secondary N) is 3. The number of benzene rings is 2. The number of fused-ring (bicyclic) bond motifs is 1. The maximum atomic E-state index is 12.3. The number of anilines is 1. The van der Waals surface area contributed by atoms with Gasteiger partial charge >= 0.3 is 0 Å². The van der Waals surface area contributed by atoms with Gasteiger partial charge in [0, 0.05) is 23.1 Å². The number of nitrogens with zero attached hydrogens (tertiary/aromatic N) is 1. The highest BCUT2D eigenvalue weighted by molar-refractivity contribution is 5.95. The molecule has 152 valence electrons. The summed E-state index contributed by atoms with van der Waals surface area (Å²) in [6.45, 7) is 6.30. The van der Waals surface area contributed by atoms with Gasteiger partial charge in [-0.1, -0.05) is 44.2 Å². The Kier molecular flexibility index (Phi) is 7.14. The molecule has 1 heterocycles. The summed E-state index contributed by atoms with van der Waals surface area (Å²) in [5, 5.41) is 14.5. The maximum absolute atomic E-state index is 12.3. The predicted molar refractivity (Wildman–Crippen MR) is 118 cm³/mol. The van der Waals surface area contributed by atoms with Crippen molar-refractivity contribution >= 4 is 22.4 Å². The van der Waals surface area contributed by atoms with Gasteiger partial charge < -0.3 is 10.6 Å². The summed E-state index contributed by atoms with van der Waals surface area (Å²) in [7, 11) is 0. The second-order valence-corrected chi connectivity index (χ2v) is 7.63. The van der Waals surface area contributed by atoms with Crippen molar-refractivity contribution in [3.63, 3.8) is 0 Å². The molecule has 3 N–H and O–H groups in total. The highest BCUT2D eigenvalue weighted by Crippen LogP contribution is 2.26. The molecule has 6 heteroatoms. The average molecular weight is 393 g/mol. The van der Waals surface area contributed by atoms with Gasteiger partial charge in [-0.15, -0.1) is 0 Å². The van der Waals surface area contributed by atoms with Crippen LogP contribution >= 0.6 is 0 Å². The Hall–Kier alpha value is -2.99. The molecule has 29 heavy (non-hydrogen) atoms. The molecule has 0 saturated heterocycles. The molecular weight excluding hydrogens is 364 g/mol. The van der Waals surface area contributed by atoms with Crippen molar-refractivity contribution in [1.82, 2.24) is 15.5 Å². The molecule has 0 fully saturated rings. The van der Waals surface area contributed by atoms with Gasteiger partial charge in [-0.25, -0.2) is 5.10 Å². The zero-order chi connectivity index (χ0) is 20.6. The molecule has 0 saturated carbocycles. The smallest absolute Gasteiger partial charge is 0.272 e. The minimum Gasteiger partial charge on any atom is -0.326 e. The van der Waals surface area contributed by atoms with E-state index in [1.54, 1.807) is 6.07 Å². The van der Waals surface area contributed by atoms with Gasteiger partial charge in [0.2, 0.25) is 5.91 Å². The molecular formula is C23H28N4O2. The van der Waals surface area contributed by atoms with Crippen molar-refractivity contribution in [2.45, 2.75) is 33.1 Å². The normalized spacial score (nSPS) is 11.1. The van der Waals surface area contributed by atoms with Crippen LogP contribution in [0.25, 0.3) is 22.0 Å². The van der Waals surface area contributed by atoms with Gasteiger partial charge in [-0.05, 0) is 50.0 Å². The molecule has 0 radical (unpaired) electrons. The third-order valence-electron chi connectivity index (χ3n) is 4.68. The molecule has 1 aromatic heterocycles. The number of amides is 1. The lowest BCUT2D eigenvalue weighted by atomic mass is 10.0. The fourth-order valence-electron chi connectivity index (χ4n) is 3.23. The van der Waals surface area contributed by atoms with Crippen molar-refractivity contribution in [1.29, 1.82) is 0 Å². The van der Waals surface area contributed by atoms with Crippen LogP contribution in [-0.4, -0.2) is 29.2 Å². The summed E-state index contributed by atoms with van der Waals surface area (Å²) in [6.07, 6.45) is 2.32. The van der Waals surface area contributed by atoms with Crippen molar-refractivity contribution < 1.29 is 4.79 Å². The maximum Gasteiger partial charge on any atom is 0.272 e. The molecule has 0 unspecified atom stereocenters. The lowest BCUT2D eigenvalue weighted by molar-refractivity contribution is -0.116. The van der Waals surface area contributed by atoms with E-state index in [0.29, 0.717) is 23.4 Å². The monoisotopic (exact) mass is 392 g/mol. The molecule has 0 bridgehead atoms. The van der Waals surface area contributed by atoms with E-state index >= 15 is 0 Å². The first-order valence-electron chi connectivity index (χ1n) is 10.1. The number of hydrogen-bond acceptors (Lipinski definition) is 4. The Balaban J connectivity index is 1.63. The number of H-pyrrole nitrogens is 1. The second-order valence-electron chi connectivity index (χ2n) is 7.63. The van der Waals surface area contributed by atoms with Gasteiger partial charge in [0.1, 0.15) is 0 Å². The quantitative estimate of drug-likeness (QED) is 0.481. The van der Waals surface area contributed by atoms with E-state index in [2.05, 4.69) is 34.7 Å². The molecule has 1 amide bonds. The van der Waals surface area contributed by atoms with Gasteiger partial charge in [-0.2, -0.15) is 5.10 Å². The van der Waals surface area contributed by atoms with E-state index in [1.165, 1.54) is 0 Å². The Morgan fingerprint density at radius 2 is 1.86 bits per heavy atom. The minimum atomic E-state index is -0.211. The number of rotatable bonds is 9. The van der Waals surface area contributed by atoms with Crippen LogP contribution in [0, 0.1) is 5.92 Å². The minimum absolute atomic E-state index is 0.00490. The van der Waals surface area contributed by atoms with Crippen molar-refractivity contribution in [3.05, 3.63) is 58.9 Å². The summed E-state index contributed by atoms with van der Waals surface area (Å²) in [5.41, 5.74) is 2.04. The van der Waals surface area contributed by atoms with E-state index in [0.717, 1.165) is 42.6 Å². The standard InChI is InChI=1S/C23H28N4O2/c1-16(2)15-24-13-6-5-12-21(28)25-18-9-7-8-17(14-18)22-19-10-3-4-11-20(19)23(29)27-26-22/h3-4,7-11,14,16,24H,5-6,12-13,15H2,1-2H3,(H,25,28)(H,27,29). The topological polar surface area (TPSA) is 86.9 Å². The van der Waals surface area contributed by atoms with Crippen LogP contribution in [0.3, 0.4) is 0 Å². The van der Waals surface area contributed by atoms with Crippen molar-refractivity contribution in [2.75, 3.05) is 18.4 Å². The fourth-order valence-corrected chi connectivity index (χ4v) is 3.23. The zero-order valence-corrected chi connectivity index (χ0v) is 17.0. The molecule has 6 nitrogen and oxygen atoms in total. The van der Waals surface area contributed by atoms with Crippen LogP contribution in [-0.2, 0) is 4.79 Å². The molecule has 3 rings (SSSR count). The third-order valence-corrected chi connectivity index (χ3v) is 4.68. The fraction of sp³-hybridized carbons (Fsp3) is 0.348. The van der Waals surface area contributed by atoms with Crippen LogP contribution in [0.5, 0.6) is 0 Å². The van der Waals surface area contributed by atoms with Crippen LogP contribution in [0.2, 0.25) is 0 Å². The van der Waals surface area contributed by atoms with E-state index in [9.17, 15) is 9.59 Å². The first-order chi connectivity index (χ1) is 14.0. The second kappa shape index (κ2) is 9.98. The summed E-state index contributed by atoms with van der Waals surface area (Å²) in [4.78, 5) is 24.3. The van der Waals surface area contributed by atoms with Gasteiger partial charge in [0.15, 0.2) is 0 Å². The SMILES string of the molecule is CC(C)CNCCCCC(=O)Nc1cccc(-c2n[nH]c(=O)c3ccccc23)c1. The summed E-state index contributed by atoms with van der Waals surface area (Å²) in [5.74, 6) is 0.643. The Morgan fingerprint density at radius 3 is 2.66 bits per heavy atom. The molecule has 0 aliphatic heterocycles. The van der Waals surface area contributed by atoms with Crippen LogP contribution in [0.4, 0.5) is 5.69 Å². The van der Waals surface area contributed by atoms with E-state index in [1.807, 2.05) is 42.5 Å². The highest BCUT2D eigenvalue weighted by atomic mass is 16.1. The summed E-state index contributed by atoms with van der Waals surface area (Å²) >= 11 is 0. The van der Waals surface area contributed by atoms with Crippen LogP contribution in [0.15, 0.2) is 53.3 Å². The van der Waals surface area contributed by atoms with Gasteiger partial charge in [0.05, 0.1) is 11.1 Å². The first kappa shape index (κ1) is 20.7. The molecule has 0 aliphatic rings. The number of carbonyl (C=O) groups excluding carboxylic acids is 1. The average Bonchev–Trinajstić information content (AvgIpc) is 2.71. The number of hydrogen-bond donors (Lipinski definition) is 3. The van der Waals surface area contributed by atoms with Crippen LogP contribution < -0.4 is 16.2 Å². The largest absolute Gasteiger partial charge is 0.326 e. The predicted octanol–water partition coefficient (Wildman–Crippen LogP) is 3.94. The Labute approximate surface area is 170 Å². The molecule has 2 aromatic carbocycles. The molecule has 3 aromatic rings. The zero-order valence-electron chi connectivity index (χ0n) is 17.0. The Morgan fingerprint density at radius 1 is 1.07 bits per heavy atom. The third kappa shape index (κ3) is 5.74. The van der Waals surface area contributed by atoms with Crippen molar-refractivity contribution in [3.8, 4) is 11.3 Å². The highest BCUT2D eigenvalue weighted by Gasteiger charge is 2.10. The number of unbranched alkanes of at least 4 members (excludes halogenated alkanes) is 1. The lowest BCUT2D eigenvalue weighted by Crippen LogP contribution is -2.21. The number of carbonyl (C=O) groups is 1. The van der Waals surface area contributed by atoms with E-state index in [-0.39, 0.29) is 11.5 Å². The lowest BCUT2D eigenvalue weighted by Gasteiger charge is -2.09. The Bertz CT molecular complexity index is 1030.